The van der Waals surface area contributed by atoms with Crippen molar-refractivity contribution >= 4 is 0 Å². The third-order valence-electron chi connectivity index (χ3n) is 2.79. The molecule has 0 atom stereocenters. The maximum absolute atomic E-state index is 8.72. The molecule has 2 N–H and O–H groups in total. The van der Waals surface area contributed by atoms with E-state index >= 15 is 0 Å². The molecule has 0 saturated carbocycles. The van der Waals surface area contributed by atoms with Crippen LogP contribution in [0.25, 0.3) is 0 Å². The number of benzene rings is 1. The van der Waals surface area contributed by atoms with Gasteiger partial charge in [-0.15, -0.1) is 0 Å². The first-order chi connectivity index (χ1) is 7.96. The van der Waals surface area contributed by atoms with Crippen molar-refractivity contribution in [3.8, 4) is 6.07 Å². The Hall–Kier alpha value is -1.37. The van der Waals surface area contributed by atoms with Crippen molar-refractivity contribution in [2.24, 2.45) is 11.1 Å². The van der Waals surface area contributed by atoms with Crippen molar-refractivity contribution in [2.45, 2.75) is 20.4 Å². The molecule has 3 heteroatoms. The van der Waals surface area contributed by atoms with Crippen LogP contribution in [-0.4, -0.2) is 25.0 Å². The molecule has 92 valence electrons. The minimum absolute atomic E-state index is 0.140. The molecule has 3 nitrogen and oxygen atoms in total. The van der Waals surface area contributed by atoms with Gasteiger partial charge in [0.05, 0.1) is 11.6 Å². The molecule has 0 amide bonds. The monoisotopic (exact) mass is 231 g/mol. The first kappa shape index (κ1) is 13.7. The lowest BCUT2D eigenvalue weighted by Gasteiger charge is -2.29. The van der Waals surface area contributed by atoms with Crippen LogP contribution in [0.4, 0.5) is 0 Å². The molecule has 0 aliphatic heterocycles. The fourth-order valence-corrected chi connectivity index (χ4v) is 1.85. The van der Waals surface area contributed by atoms with Crippen LogP contribution in [0, 0.1) is 16.7 Å². The summed E-state index contributed by atoms with van der Waals surface area (Å²) in [7, 11) is 2.09. The predicted octanol–water partition coefficient (Wildman–Crippen LogP) is 1.97. The summed E-state index contributed by atoms with van der Waals surface area (Å²) < 4.78 is 0. The van der Waals surface area contributed by atoms with Gasteiger partial charge in [0.15, 0.2) is 0 Å². The van der Waals surface area contributed by atoms with E-state index in [1.807, 2.05) is 24.3 Å². The van der Waals surface area contributed by atoms with Crippen molar-refractivity contribution in [1.82, 2.24) is 4.90 Å². The summed E-state index contributed by atoms with van der Waals surface area (Å²) in [6, 6.07) is 9.85. The number of nitrogens with two attached hydrogens (primary N) is 1. The summed E-state index contributed by atoms with van der Waals surface area (Å²) in [5.74, 6) is 0. The largest absolute Gasteiger partial charge is 0.330 e. The minimum atomic E-state index is 0.140. The summed E-state index contributed by atoms with van der Waals surface area (Å²) in [5, 5.41) is 8.72. The number of hydrogen-bond acceptors (Lipinski definition) is 3. The molecule has 0 aliphatic rings. The highest BCUT2D eigenvalue weighted by Crippen LogP contribution is 2.15. The van der Waals surface area contributed by atoms with Gasteiger partial charge in [0.25, 0.3) is 0 Å². The molecular formula is C14H21N3. The number of nitriles is 1. The van der Waals surface area contributed by atoms with Gasteiger partial charge in [-0.05, 0) is 36.7 Å². The Bertz CT molecular complexity index is 387. The van der Waals surface area contributed by atoms with Crippen molar-refractivity contribution < 1.29 is 0 Å². The molecular weight excluding hydrogens is 210 g/mol. The van der Waals surface area contributed by atoms with E-state index in [4.69, 9.17) is 11.0 Å². The van der Waals surface area contributed by atoms with Crippen LogP contribution in [0.2, 0.25) is 0 Å². The van der Waals surface area contributed by atoms with E-state index in [0.717, 1.165) is 13.1 Å². The van der Waals surface area contributed by atoms with E-state index in [1.54, 1.807) is 0 Å². The van der Waals surface area contributed by atoms with E-state index in [1.165, 1.54) is 5.56 Å². The Morgan fingerprint density at radius 3 is 2.35 bits per heavy atom. The Kier molecular flexibility index (Phi) is 4.68. The molecule has 0 unspecified atom stereocenters. The molecule has 0 spiro atoms. The molecule has 0 aliphatic carbocycles. The van der Waals surface area contributed by atoms with Crippen molar-refractivity contribution in [3.05, 3.63) is 35.4 Å². The molecule has 0 radical (unpaired) electrons. The van der Waals surface area contributed by atoms with Crippen LogP contribution in [0.1, 0.15) is 25.0 Å². The fraction of sp³-hybridized carbons (Fsp3) is 0.500. The van der Waals surface area contributed by atoms with E-state index in [9.17, 15) is 0 Å². The van der Waals surface area contributed by atoms with Crippen molar-refractivity contribution in [3.63, 3.8) is 0 Å². The third kappa shape index (κ3) is 4.56. The van der Waals surface area contributed by atoms with Gasteiger partial charge in [-0.25, -0.2) is 0 Å². The van der Waals surface area contributed by atoms with Crippen LogP contribution in [0.5, 0.6) is 0 Å². The van der Waals surface area contributed by atoms with Gasteiger partial charge in [0, 0.05) is 13.1 Å². The van der Waals surface area contributed by atoms with Gasteiger partial charge in [0.2, 0.25) is 0 Å². The smallest absolute Gasteiger partial charge is 0.0991 e. The topological polar surface area (TPSA) is 53.0 Å². The highest BCUT2D eigenvalue weighted by Gasteiger charge is 2.17. The molecule has 0 saturated heterocycles. The van der Waals surface area contributed by atoms with Gasteiger partial charge in [-0.2, -0.15) is 5.26 Å². The molecule has 17 heavy (non-hydrogen) atoms. The fourth-order valence-electron chi connectivity index (χ4n) is 1.85. The van der Waals surface area contributed by atoms with Gasteiger partial charge in [-0.3, -0.25) is 0 Å². The zero-order chi connectivity index (χ0) is 12.9. The number of rotatable bonds is 5. The SMILES string of the molecule is CN(Cc1ccc(C#N)cc1)CC(C)(C)CN. The summed E-state index contributed by atoms with van der Waals surface area (Å²) in [5.41, 5.74) is 7.79. The zero-order valence-corrected chi connectivity index (χ0v) is 10.9. The molecule has 0 heterocycles. The maximum Gasteiger partial charge on any atom is 0.0991 e. The van der Waals surface area contributed by atoms with E-state index in [2.05, 4.69) is 31.9 Å². The van der Waals surface area contributed by atoms with Crippen LogP contribution in [0.15, 0.2) is 24.3 Å². The normalized spacial score (nSPS) is 11.5. The van der Waals surface area contributed by atoms with Gasteiger partial charge in [-0.1, -0.05) is 26.0 Å². The summed E-state index contributed by atoms with van der Waals surface area (Å²) in [4.78, 5) is 2.26. The molecule has 0 bridgehead atoms. The van der Waals surface area contributed by atoms with Crippen molar-refractivity contribution in [2.75, 3.05) is 20.1 Å². The van der Waals surface area contributed by atoms with Gasteiger partial charge in [0.1, 0.15) is 0 Å². The lowest BCUT2D eigenvalue weighted by molar-refractivity contribution is 0.210. The van der Waals surface area contributed by atoms with E-state index in [-0.39, 0.29) is 5.41 Å². The summed E-state index contributed by atoms with van der Waals surface area (Å²) in [6.07, 6.45) is 0. The second-order valence-electron chi connectivity index (χ2n) is 5.35. The quantitative estimate of drug-likeness (QED) is 0.843. The average molecular weight is 231 g/mol. The van der Waals surface area contributed by atoms with Gasteiger partial charge >= 0.3 is 0 Å². The minimum Gasteiger partial charge on any atom is -0.330 e. The Labute approximate surface area is 104 Å². The lowest BCUT2D eigenvalue weighted by atomic mass is 9.93. The average Bonchev–Trinajstić information content (AvgIpc) is 2.29. The standard InChI is InChI=1S/C14H21N3/c1-14(2,10-16)11-17(3)9-13-6-4-12(8-15)5-7-13/h4-7H,9-11,16H2,1-3H3. The zero-order valence-electron chi connectivity index (χ0n) is 10.9. The van der Waals surface area contributed by atoms with Gasteiger partial charge < -0.3 is 10.6 Å². The molecule has 1 aromatic carbocycles. The Morgan fingerprint density at radius 1 is 1.29 bits per heavy atom. The molecule has 0 aromatic heterocycles. The second kappa shape index (κ2) is 5.81. The second-order valence-corrected chi connectivity index (χ2v) is 5.35. The first-order valence-electron chi connectivity index (χ1n) is 5.84. The number of hydrogen-bond donors (Lipinski definition) is 1. The summed E-state index contributed by atoms with van der Waals surface area (Å²) >= 11 is 0. The Morgan fingerprint density at radius 2 is 1.88 bits per heavy atom. The predicted molar refractivity (Wildman–Crippen MR) is 70.3 cm³/mol. The van der Waals surface area contributed by atoms with Crippen molar-refractivity contribution in [1.29, 1.82) is 5.26 Å². The van der Waals surface area contributed by atoms with Crippen LogP contribution < -0.4 is 5.73 Å². The lowest BCUT2D eigenvalue weighted by Crippen LogP contribution is -2.36. The highest BCUT2D eigenvalue weighted by molar-refractivity contribution is 5.31. The van der Waals surface area contributed by atoms with Crippen LogP contribution in [-0.2, 0) is 6.54 Å². The van der Waals surface area contributed by atoms with E-state index in [0.29, 0.717) is 12.1 Å². The maximum atomic E-state index is 8.72. The van der Waals surface area contributed by atoms with E-state index < -0.39 is 0 Å². The highest BCUT2D eigenvalue weighted by atomic mass is 15.1. The third-order valence-corrected chi connectivity index (χ3v) is 2.79. The molecule has 1 rings (SSSR count). The van der Waals surface area contributed by atoms with Crippen LogP contribution in [0.3, 0.4) is 0 Å². The molecule has 0 fully saturated rings. The Balaban J connectivity index is 2.56. The molecule has 1 aromatic rings. The van der Waals surface area contributed by atoms with Crippen LogP contribution >= 0.6 is 0 Å². The summed E-state index contributed by atoms with van der Waals surface area (Å²) in [6.45, 7) is 6.87. The first-order valence-corrected chi connectivity index (χ1v) is 5.84. The number of nitrogens with zero attached hydrogens (tertiary/aromatic N) is 2.